The molecule has 2 aromatic rings. The number of nitrogens with one attached hydrogen (secondary N) is 1. The van der Waals surface area contributed by atoms with E-state index < -0.39 is 7.12 Å². The molecular formula is C9H10BNO3. The minimum absolute atomic E-state index is 0.365. The Morgan fingerprint density at radius 3 is 2.79 bits per heavy atom. The second-order valence-corrected chi connectivity index (χ2v) is 3.02. The van der Waals surface area contributed by atoms with Crippen molar-refractivity contribution in [2.45, 2.75) is 0 Å². The molecule has 0 amide bonds. The van der Waals surface area contributed by atoms with E-state index in [9.17, 15) is 0 Å². The zero-order valence-corrected chi connectivity index (χ0v) is 7.69. The number of benzene rings is 1. The lowest BCUT2D eigenvalue weighted by Crippen LogP contribution is -2.30. The van der Waals surface area contributed by atoms with Gasteiger partial charge in [-0.3, -0.25) is 0 Å². The fraction of sp³-hybridized carbons (Fsp3) is 0.111. The molecule has 0 aliphatic rings. The van der Waals surface area contributed by atoms with Crippen LogP contribution >= 0.6 is 0 Å². The van der Waals surface area contributed by atoms with Crippen molar-refractivity contribution in [1.29, 1.82) is 0 Å². The summed E-state index contributed by atoms with van der Waals surface area (Å²) in [6.45, 7) is 0. The second kappa shape index (κ2) is 3.36. The SMILES string of the molecule is COc1cccc2cc(B(O)O)[nH]c12. The minimum atomic E-state index is -1.48. The van der Waals surface area contributed by atoms with E-state index in [-0.39, 0.29) is 0 Å². The quantitative estimate of drug-likeness (QED) is 0.578. The van der Waals surface area contributed by atoms with Crippen molar-refractivity contribution >= 4 is 23.6 Å². The Kier molecular flexibility index (Phi) is 2.19. The summed E-state index contributed by atoms with van der Waals surface area (Å²) < 4.78 is 5.13. The first-order valence-corrected chi connectivity index (χ1v) is 4.24. The summed E-state index contributed by atoms with van der Waals surface area (Å²) in [5.41, 5.74) is 1.14. The number of rotatable bonds is 2. The number of H-pyrrole nitrogens is 1. The van der Waals surface area contributed by atoms with Gasteiger partial charge in [0.25, 0.3) is 0 Å². The Balaban J connectivity index is 2.64. The van der Waals surface area contributed by atoms with Gasteiger partial charge in [-0.05, 0) is 12.1 Å². The third-order valence-electron chi connectivity index (χ3n) is 2.14. The first-order valence-electron chi connectivity index (χ1n) is 4.24. The van der Waals surface area contributed by atoms with Gasteiger partial charge in [0.15, 0.2) is 0 Å². The Bertz CT molecular complexity index is 452. The average molecular weight is 191 g/mol. The summed E-state index contributed by atoms with van der Waals surface area (Å²) >= 11 is 0. The molecule has 0 radical (unpaired) electrons. The van der Waals surface area contributed by atoms with E-state index >= 15 is 0 Å². The van der Waals surface area contributed by atoms with Crippen LogP contribution in [0, 0.1) is 0 Å². The molecule has 2 rings (SSSR count). The Hall–Kier alpha value is -1.46. The lowest BCUT2D eigenvalue weighted by molar-refractivity contribution is 0.418. The van der Waals surface area contributed by atoms with Crippen LogP contribution in [0.15, 0.2) is 24.3 Å². The molecule has 4 nitrogen and oxygen atoms in total. The van der Waals surface area contributed by atoms with E-state index in [2.05, 4.69) is 4.98 Å². The smallest absolute Gasteiger partial charge is 0.495 e. The van der Waals surface area contributed by atoms with Crippen LogP contribution in [-0.4, -0.2) is 29.3 Å². The van der Waals surface area contributed by atoms with Gasteiger partial charge in [-0.15, -0.1) is 0 Å². The zero-order valence-electron chi connectivity index (χ0n) is 7.69. The number of methoxy groups -OCH3 is 1. The fourth-order valence-electron chi connectivity index (χ4n) is 1.46. The monoisotopic (exact) mass is 191 g/mol. The average Bonchev–Trinajstić information content (AvgIpc) is 2.60. The lowest BCUT2D eigenvalue weighted by atomic mass is 9.87. The van der Waals surface area contributed by atoms with Gasteiger partial charge in [-0.1, -0.05) is 12.1 Å². The van der Waals surface area contributed by atoms with Crippen molar-refractivity contribution in [1.82, 2.24) is 4.98 Å². The molecule has 0 saturated heterocycles. The number of fused-ring (bicyclic) bond motifs is 1. The third-order valence-corrected chi connectivity index (χ3v) is 2.14. The van der Waals surface area contributed by atoms with Crippen LogP contribution in [0.2, 0.25) is 0 Å². The van der Waals surface area contributed by atoms with Crippen LogP contribution in [0.1, 0.15) is 0 Å². The second-order valence-electron chi connectivity index (χ2n) is 3.02. The van der Waals surface area contributed by atoms with E-state index in [1.807, 2.05) is 18.2 Å². The fourth-order valence-corrected chi connectivity index (χ4v) is 1.46. The molecule has 5 heteroatoms. The molecule has 0 aliphatic heterocycles. The highest BCUT2D eigenvalue weighted by molar-refractivity contribution is 6.58. The van der Waals surface area contributed by atoms with Crippen molar-refractivity contribution in [3.63, 3.8) is 0 Å². The van der Waals surface area contributed by atoms with E-state index in [0.717, 1.165) is 10.9 Å². The van der Waals surface area contributed by atoms with Gasteiger partial charge in [0.05, 0.1) is 12.6 Å². The zero-order chi connectivity index (χ0) is 10.1. The molecule has 14 heavy (non-hydrogen) atoms. The first-order chi connectivity index (χ1) is 6.72. The topological polar surface area (TPSA) is 65.5 Å². The number of ether oxygens (including phenoxy) is 1. The van der Waals surface area contributed by atoms with Crippen LogP contribution in [0.5, 0.6) is 5.75 Å². The van der Waals surface area contributed by atoms with Crippen molar-refractivity contribution in [3.8, 4) is 5.75 Å². The number of hydrogen-bond acceptors (Lipinski definition) is 3. The lowest BCUT2D eigenvalue weighted by Gasteiger charge is -1.99. The number of aromatic nitrogens is 1. The maximum atomic E-state index is 8.97. The van der Waals surface area contributed by atoms with Crippen molar-refractivity contribution < 1.29 is 14.8 Å². The largest absolute Gasteiger partial charge is 0.505 e. The molecule has 0 aliphatic carbocycles. The number of aromatic amines is 1. The van der Waals surface area contributed by atoms with Gasteiger partial charge in [0.2, 0.25) is 0 Å². The van der Waals surface area contributed by atoms with E-state index in [1.54, 1.807) is 13.2 Å². The van der Waals surface area contributed by atoms with Crippen LogP contribution in [0.4, 0.5) is 0 Å². The molecule has 0 atom stereocenters. The summed E-state index contributed by atoms with van der Waals surface area (Å²) in [6.07, 6.45) is 0. The van der Waals surface area contributed by atoms with Gasteiger partial charge in [-0.2, -0.15) is 0 Å². The van der Waals surface area contributed by atoms with Crippen LogP contribution < -0.4 is 10.3 Å². The maximum absolute atomic E-state index is 8.97. The summed E-state index contributed by atoms with van der Waals surface area (Å²) in [5, 5.41) is 18.8. The van der Waals surface area contributed by atoms with Gasteiger partial charge in [0, 0.05) is 11.0 Å². The summed E-state index contributed by atoms with van der Waals surface area (Å²) in [4.78, 5) is 2.89. The molecule has 0 bridgehead atoms. The molecule has 0 saturated carbocycles. The van der Waals surface area contributed by atoms with Gasteiger partial charge < -0.3 is 19.8 Å². The highest BCUT2D eigenvalue weighted by Crippen LogP contribution is 2.22. The van der Waals surface area contributed by atoms with E-state index in [4.69, 9.17) is 14.8 Å². The molecule has 1 aromatic carbocycles. The van der Waals surface area contributed by atoms with Gasteiger partial charge in [0.1, 0.15) is 5.75 Å². The Morgan fingerprint density at radius 1 is 1.36 bits per heavy atom. The molecule has 72 valence electrons. The standard InChI is InChI=1S/C9H10BNO3/c1-14-7-4-2-3-6-5-8(10(12)13)11-9(6)7/h2-5,11-13H,1H3. The number of hydrogen-bond donors (Lipinski definition) is 3. The van der Waals surface area contributed by atoms with Gasteiger partial charge in [-0.25, -0.2) is 0 Å². The molecule has 1 heterocycles. The molecule has 1 aromatic heterocycles. The minimum Gasteiger partial charge on any atom is -0.495 e. The highest BCUT2D eigenvalue weighted by atomic mass is 16.5. The maximum Gasteiger partial charge on any atom is 0.505 e. The molecule has 0 unspecified atom stereocenters. The molecule has 0 fully saturated rings. The molecule has 3 N–H and O–H groups in total. The summed E-state index contributed by atoms with van der Waals surface area (Å²) in [6, 6.07) is 7.22. The molecule has 0 spiro atoms. The summed E-state index contributed by atoms with van der Waals surface area (Å²) in [7, 11) is 0.0945. The third kappa shape index (κ3) is 1.36. The van der Waals surface area contributed by atoms with Crippen LogP contribution in [0.3, 0.4) is 0 Å². The van der Waals surface area contributed by atoms with E-state index in [0.29, 0.717) is 11.3 Å². The van der Waals surface area contributed by atoms with Crippen molar-refractivity contribution in [2.24, 2.45) is 0 Å². The number of para-hydroxylation sites is 1. The first kappa shape index (κ1) is 9.11. The molecular weight excluding hydrogens is 181 g/mol. The predicted octanol–water partition coefficient (Wildman–Crippen LogP) is -0.144. The Morgan fingerprint density at radius 2 is 2.14 bits per heavy atom. The van der Waals surface area contributed by atoms with Crippen molar-refractivity contribution in [3.05, 3.63) is 24.3 Å². The Labute approximate surface area is 81.3 Å². The summed E-state index contributed by atoms with van der Waals surface area (Å²) in [5.74, 6) is 0.689. The van der Waals surface area contributed by atoms with E-state index in [1.165, 1.54) is 0 Å². The van der Waals surface area contributed by atoms with Crippen LogP contribution in [-0.2, 0) is 0 Å². The normalized spacial score (nSPS) is 10.5. The highest BCUT2D eigenvalue weighted by Gasteiger charge is 2.15. The van der Waals surface area contributed by atoms with Crippen molar-refractivity contribution in [2.75, 3.05) is 7.11 Å². The van der Waals surface area contributed by atoms with Gasteiger partial charge >= 0.3 is 7.12 Å². The predicted molar refractivity (Wildman–Crippen MR) is 54.7 cm³/mol. The van der Waals surface area contributed by atoms with Crippen LogP contribution in [0.25, 0.3) is 10.9 Å².